The molecule has 3 atom stereocenters. The lowest BCUT2D eigenvalue weighted by atomic mass is 9.86. The number of rotatable bonds is 8. The van der Waals surface area contributed by atoms with E-state index in [2.05, 4.69) is 11.9 Å². The van der Waals surface area contributed by atoms with Crippen LogP contribution in [0.1, 0.15) is 41.5 Å². The van der Waals surface area contributed by atoms with Gasteiger partial charge in [0.25, 0.3) is 0 Å². The first-order chi connectivity index (χ1) is 13.2. The Balaban J connectivity index is 3.03. The average molecular weight is 419 g/mol. The second kappa shape index (κ2) is 9.80. The van der Waals surface area contributed by atoms with E-state index in [0.717, 1.165) is 6.92 Å². The number of ether oxygens (including phenoxy) is 3. The van der Waals surface area contributed by atoms with Gasteiger partial charge < -0.3 is 19.5 Å². The Bertz CT molecular complexity index is 631. The van der Waals surface area contributed by atoms with Gasteiger partial charge in [0.15, 0.2) is 0 Å². The molecule has 1 N–H and O–H groups in total. The van der Waals surface area contributed by atoms with Gasteiger partial charge in [0.1, 0.15) is 11.1 Å². The zero-order valence-electron chi connectivity index (χ0n) is 17.9. The standard InChI is InChI=1S/C21H32F3NO4/c1-8-9-10-17(11-14(2)28-16(4)15(3)21(22,23)24)20(12-27-13-20)25-18(26)29-19(5,6)7/h8-11,14-16H,1,12-13H2,2-7H3,(H,25,26)/b10-9-,17-11+/t14?,15?,16-/m1/s1. The van der Waals surface area contributed by atoms with E-state index in [1.807, 2.05) is 0 Å². The van der Waals surface area contributed by atoms with Crippen molar-refractivity contribution in [3.8, 4) is 0 Å². The molecule has 8 heteroatoms. The fourth-order valence-corrected chi connectivity index (χ4v) is 2.68. The number of alkyl halides is 3. The summed E-state index contributed by atoms with van der Waals surface area (Å²) < 4.78 is 54.9. The van der Waals surface area contributed by atoms with E-state index in [1.165, 1.54) is 6.92 Å². The van der Waals surface area contributed by atoms with E-state index in [9.17, 15) is 18.0 Å². The zero-order chi connectivity index (χ0) is 22.5. The van der Waals surface area contributed by atoms with Gasteiger partial charge in [-0.3, -0.25) is 0 Å². The van der Waals surface area contributed by atoms with Crippen molar-refractivity contribution in [1.82, 2.24) is 5.32 Å². The lowest BCUT2D eigenvalue weighted by Crippen LogP contribution is -2.63. The lowest BCUT2D eigenvalue weighted by molar-refractivity contribution is -0.201. The van der Waals surface area contributed by atoms with Gasteiger partial charge in [0, 0.05) is 0 Å². The highest BCUT2D eigenvalue weighted by molar-refractivity contribution is 5.70. The van der Waals surface area contributed by atoms with Crippen molar-refractivity contribution in [2.24, 2.45) is 5.92 Å². The predicted octanol–water partition coefficient (Wildman–Crippen LogP) is 4.94. The number of carbonyl (C=O) groups is 1. The van der Waals surface area contributed by atoms with Crippen LogP contribution in [0, 0.1) is 5.92 Å². The number of alkyl carbamates (subject to hydrolysis) is 1. The maximum absolute atomic E-state index is 12.9. The number of halogens is 3. The molecule has 2 unspecified atom stereocenters. The predicted molar refractivity (Wildman–Crippen MR) is 106 cm³/mol. The van der Waals surface area contributed by atoms with Crippen molar-refractivity contribution < 1.29 is 32.2 Å². The normalized spacial score (nSPS) is 20.5. The van der Waals surface area contributed by atoms with E-state index in [1.54, 1.807) is 52.0 Å². The summed E-state index contributed by atoms with van der Waals surface area (Å²) >= 11 is 0. The topological polar surface area (TPSA) is 56.8 Å². The first-order valence-corrected chi connectivity index (χ1v) is 9.52. The van der Waals surface area contributed by atoms with Gasteiger partial charge >= 0.3 is 12.3 Å². The Hall–Kier alpha value is -1.80. The minimum Gasteiger partial charge on any atom is -0.444 e. The molecule has 0 saturated carbocycles. The van der Waals surface area contributed by atoms with Gasteiger partial charge in [-0.2, -0.15) is 13.2 Å². The molecule has 0 aromatic heterocycles. The third-order valence-corrected chi connectivity index (χ3v) is 4.47. The third kappa shape index (κ3) is 7.85. The number of hydrogen-bond donors (Lipinski definition) is 1. The van der Waals surface area contributed by atoms with Crippen molar-refractivity contribution in [2.75, 3.05) is 13.2 Å². The molecule has 166 valence electrons. The molecule has 29 heavy (non-hydrogen) atoms. The highest BCUT2D eigenvalue weighted by atomic mass is 19.4. The van der Waals surface area contributed by atoms with Crippen molar-refractivity contribution >= 4 is 6.09 Å². The largest absolute Gasteiger partial charge is 0.444 e. The van der Waals surface area contributed by atoms with Crippen LogP contribution in [0.5, 0.6) is 0 Å². The van der Waals surface area contributed by atoms with E-state index in [-0.39, 0.29) is 13.2 Å². The Morgan fingerprint density at radius 3 is 2.21 bits per heavy atom. The van der Waals surface area contributed by atoms with E-state index in [4.69, 9.17) is 14.2 Å². The van der Waals surface area contributed by atoms with Crippen LogP contribution in [0.15, 0.2) is 36.5 Å². The maximum Gasteiger partial charge on any atom is 0.408 e. The molecule has 5 nitrogen and oxygen atoms in total. The summed E-state index contributed by atoms with van der Waals surface area (Å²) in [6.45, 7) is 13.4. The number of hydrogen-bond acceptors (Lipinski definition) is 4. The van der Waals surface area contributed by atoms with Gasteiger partial charge in [0.2, 0.25) is 0 Å². The summed E-state index contributed by atoms with van der Waals surface area (Å²) in [5.74, 6) is -1.61. The summed E-state index contributed by atoms with van der Waals surface area (Å²) in [6, 6.07) is 0. The van der Waals surface area contributed by atoms with Gasteiger partial charge in [-0.25, -0.2) is 4.79 Å². The summed E-state index contributed by atoms with van der Waals surface area (Å²) in [5, 5.41) is 2.83. The van der Waals surface area contributed by atoms with Crippen LogP contribution in [0.25, 0.3) is 0 Å². The van der Waals surface area contributed by atoms with Gasteiger partial charge in [0.05, 0.1) is 31.3 Å². The van der Waals surface area contributed by atoms with Crippen molar-refractivity contribution in [3.63, 3.8) is 0 Å². The first-order valence-electron chi connectivity index (χ1n) is 9.52. The van der Waals surface area contributed by atoms with Crippen LogP contribution in [-0.4, -0.2) is 48.8 Å². The molecule has 1 heterocycles. The summed E-state index contributed by atoms with van der Waals surface area (Å²) in [6.07, 6.45) is 0.0487. The average Bonchev–Trinajstić information content (AvgIpc) is 2.51. The molecule has 0 spiro atoms. The van der Waals surface area contributed by atoms with Gasteiger partial charge in [-0.05, 0) is 40.2 Å². The number of carbonyl (C=O) groups excluding carboxylic acids is 1. The van der Waals surface area contributed by atoms with Crippen LogP contribution in [0.3, 0.4) is 0 Å². The van der Waals surface area contributed by atoms with Gasteiger partial charge in [-0.1, -0.05) is 37.8 Å². The monoisotopic (exact) mass is 419 g/mol. The van der Waals surface area contributed by atoms with Crippen molar-refractivity contribution in [2.45, 2.75) is 71.1 Å². The van der Waals surface area contributed by atoms with Crippen LogP contribution in [0.2, 0.25) is 0 Å². The van der Waals surface area contributed by atoms with E-state index in [0.29, 0.717) is 5.57 Å². The molecule has 0 aliphatic carbocycles. The first kappa shape index (κ1) is 25.2. The van der Waals surface area contributed by atoms with Crippen molar-refractivity contribution in [3.05, 3.63) is 36.5 Å². The molecule has 0 aromatic carbocycles. The molecule has 1 aliphatic rings. The number of nitrogens with one attached hydrogen (secondary N) is 1. The smallest absolute Gasteiger partial charge is 0.408 e. The maximum atomic E-state index is 12.9. The summed E-state index contributed by atoms with van der Waals surface area (Å²) in [5.41, 5.74) is -0.872. The Labute approximate surface area is 171 Å². The molecule has 1 amide bonds. The number of amides is 1. The van der Waals surface area contributed by atoms with E-state index < -0.39 is 41.5 Å². The van der Waals surface area contributed by atoms with Crippen molar-refractivity contribution in [1.29, 1.82) is 0 Å². The highest BCUT2D eigenvalue weighted by Gasteiger charge is 2.44. The van der Waals surface area contributed by atoms with Crippen LogP contribution >= 0.6 is 0 Å². The molecule has 1 fully saturated rings. The molecule has 0 radical (unpaired) electrons. The minimum atomic E-state index is -4.34. The lowest BCUT2D eigenvalue weighted by Gasteiger charge is -2.43. The molecule has 0 bridgehead atoms. The highest BCUT2D eigenvalue weighted by Crippen LogP contribution is 2.32. The second-order valence-corrected chi connectivity index (χ2v) is 8.30. The van der Waals surface area contributed by atoms with E-state index >= 15 is 0 Å². The second-order valence-electron chi connectivity index (χ2n) is 8.30. The summed E-state index contributed by atoms with van der Waals surface area (Å²) in [7, 11) is 0. The molecular formula is C21H32F3NO4. The van der Waals surface area contributed by atoms with Crippen LogP contribution < -0.4 is 5.32 Å². The third-order valence-electron chi connectivity index (χ3n) is 4.47. The van der Waals surface area contributed by atoms with Gasteiger partial charge in [-0.15, -0.1) is 0 Å². The number of allylic oxidation sites excluding steroid dienone is 2. The Morgan fingerprint density at radius 2 is 1.79 bits per heavy atom. The zero-order valence-corrected chi connectivity index (χ0v) is 17.9. The fraction of sp³-hybridized carbons (Fsp3) is 0.667. The quantitative estimate of drug-likeness (QED) is 0.566. The Kier molecular flexibility index (Phi) is 8.53. The molecule has 1 saturated heterocycles. The SMILES string of the molecule is C=C/C=C\C(=C/C(C)O[C@H](C)C(C)C(F)(F)F)C1(NC(=O)OC(C)(C)C)COC1. The van der Waals surface area contributed by atoms with Crippen LogP contribution in [0.4, 0.5) is 18.0 Å². The molecule has 1 aliphatic heterocycles. The molecule has 1 rings (SSSR count). The molecule has 0 aromatic rings. The minimum absolute atomic E-state index is 0.209. The van der Waals surface area contributed by atoms with Crippen LogP contribution in [-0.2, 0) is 14.2 Å². The molecular weight excluding hydrogens is 387 g/mol. The summed E-state index contributed by atoms with van der Waals surface area (Å²) in [4.78, 5) is 12.3. The fourth-order valence-electron chi connectivity index (χ4n) is 2.68. The Morgan fingerprint density at radius 1 is 1.21 bits per heavy atom.